The summed E-state index contributed by atoms with van der Waals surface area (Å²) in [6.45, 7) is 1.99. The number of nitrogens with one attached hydrogen (secondary N) is 1. The van der Waals surface area contributed by atoms with Crippen molar-refractivity contribution in [2.45, 2.75) is 30.0 Å². The zero-order chi connectivity index (χ0) is 24.5. The average Bonchev–Trinajstić information content (AvgIpc) is 3.38. The Morgan fingerprint density at radius 1 is 1.21 bits per heavy atom. The SMILES string of the molecule is COc1ccc(F)c2c1c(CS(=O)(=O)c1ccc(Cl)s1)nn2Cc1cccc(CNC(C)=O)c1. The van der Waals surface area contributed by atoms with Gasteiger partial charge in [0.15, 0.2) is 9.84 Å². The number of nitrogens with zero attached hydrogens (tertiary/aromatic N) is 2. The fourth-order valence-electron chi connectivity index (χ4n) is 3.66. The molecule has 0 fully saturated rings. The predicted molar refractivity (Wildman–Crippen MR) is 130 cm³/mol. The van der Waals surface area contributed by atoms with Crippen molar-refractivity contribution < 1.29 is 22.3 Å². The van der Waals surface area contributed by atoms with Gasteiger partial charge in [0, 0.05) is 13.5 Å². The summed E-state index contributed by atoms with van der Waals surface area (Å²) in [5.74, 6) is -0.789. The van der Waals surface area contributed by atoms with Crippen molar-refractivity contribution in [2.75, 3.05) is 7.11 Å². The number of carbonyl (C=O) groups excluding carboxylic acids is 1. The molecule has 0 unspecified atom stereocenters. The van der Waals surface area contributed by atoms with Crippen molar-refractivity contribution in [1.82, 2.24) is 15.1 Å². The molecule has 0 aliphatic carbocycles. The fraction of sp³-hybridized carbons (Fsp3) is 0.217. The Balaban J connectivity index is 1.77. The third kappa shape index (κ3) is 5.08. The summed E-state index contributed by atoms with van der Waals surface area (Å²) in [6, 6.07) is 13.1. The number of halogens is 2. The Hall–Kier alpha value is -2.95. The van der Waals surface area contributed by atoms with Gasteiger partial charge in [0.05, 0.1) is 29.1 Å². The number of methoxy groups -OCH3 is 1. The van der Waals surface area contributed by atoms with Gasteiger partial charge < -0.3 is 10.1 Å². The van der Waals surface area contributed by atoms with E-state index in [1.54, 1.807) is 0 Å². The molecular weight excluding hydrogens is 501 g/mol. The lowest BCUT2D eigenvalue weighted by Crippen LogP contribution is -2.19. The Kier molecular flexibility index (Phi) is 6.92. The van der Waals surface area contributed by atoms with Crippen LogP contribution in [0.4, 0.5) is 4.39 Å². The zero-order valence-corrected chi connectivity index (χ0v) is 20.7. The summed E-state index contributed by atoms with van der Waals surface area (Å²) in [5.41, 5.74) is 2.03. The molecule has 0 bridgehead atoms. The number of aromatic nitrogens is 2. The number of ether oxygens (including phenoxy) is 1. The Morgan fingerprint density at radius 3 is 2.65 bits per heavy atom. The highest BCUT2D eigenvalue weighted by Gasteiger charge is 2.25. The van der Waals surface area contributed by atoms with Crippen LogP contribution in [0.15, 0.2) is 52.7 Å². The maximum absolute atomic E-state index is 15.0. The zero-order valence-electron chi connectivity index (χ0n) is 18.3. The van der Waals surface area contributed by atoms with E-state index in [2.05, 4.69) is 10.4 Å². The third-order valence-electron chi connectivity index (χ3n) is 5.15. The van der Waals surface area contributed by atoms with E-state index >= 15 is 0 Å². The first kappa shape index (κ1) is 24.2. The highest BCUT2D eigenvalue weighted by atomic mass is 35.5. The van der Waals surface area contributed by atoms with E-state index in [9.17, 15) is 17.6 Å². The second-order valence-electron chi connectivity index (χ2n) is 7.62. The van der Waals surface area contributed by atoms with Gasteiger partial charge in [0.1, 0.15) is 27.0 Å². The molecule has 4 rings (SSSR count). The Morgan fingerprint density at radius 2 is 1.97 bits per heavy atom. The van der Waals surface area contributed by atoms with E-state index in [0.29, 0.717) is 22.0 Å². The largest absolute Gasteiger partial charge is 0.496 e. The van der Waals surface area contributed by atoms with Gasteiger partial charge in [0.2, 0.25) is 5.91 Å². The Labute approximate surface area is 205 Å². The lowest BCUT2D eigenvalue weighted by atomic mass is 10.1. The number of fused-ring (bicyclic) bond motifs is 1. The first-order chi connectivity index (χ1) is 16.2. The summed E-state index contributed by atoms with van der Waals surface area (Å²) >= 11 is 6.88. The molecule has 0 aliphatic heterocycles. The van der Waals surface area contributed by atoms with E-state index < -0.39 is 21.4 Å². The lowest BCUT2D eigenvalue weighted by Gasteiger charge is -2.08. The summed E-state index contributed by atoms with van der Waals surface area (Å²) in [7, 11) is -2.33. The third-order valence-corrected chi connectivity index (χ3v) is 8.59. The minimum Gasteiger partial charge on any atom is -0.496 e. The molecule has 11 heteroatoms. The van der Waals surface area contributed by atoms with Crippen LogP contribution in [0.25, 0.3) is 10.9 Å². The van der Waals surface area contributed by atoms with Crippen LogP contribution in [-0.2, 0) is 33.5 Å². The number of sulfone groups is 1. The minimum absolute atomic E-state index is 0.112. The molecule has 4 aromatic rings. The van der Waals surface area contributed by atoms with Gasteiger partial charge in [-0.25, -0.2) is 12.8 Å². The van der Waals surface area contributed by atoms with Crippen LogP contribution < -0.4 is 10.1 Å². The maximum Gasteiger partial charge on any atom is 0.217 e. The Bertz CT molecular complexity index is 1480. The molecule has 2 aromatic heterocycles. The van der Waals surface area contributed by atoms with E-state index in [1.165, 1.54) is 43.0 Å². The molecule has 0 radical (unpaired) electrons. The van der Waals surface area contributed by atoms with E-state index in [-0.39, 0.29) is 27.9 Å². The van der Waals surface area contributed by atoms with Gasteiger partial charge in [-0.15, -0.1) is 11.3 Å². The first-order valence-corrected chi connectivity index (χ1v) is 13.0. The van der Waals surface area contributed by atoms with Crippen LogP contribution in [0.5, 0.6) is 5.75 Å². The van der Waals surface area contributed by atoms with Gasteiger partial charge in [-0.2, -0.15) is 5.10 Å². The van der Waals surface area contributed by atoms with Crippen molar-refractivity contribution in [1.29, 1.82) is 0 Å². The molecule has 0 saturated carbocycles. The lowest BCUT2D eigenvalue weighted by molar-refractivity contribution is -0.119. The van der Waals surface area contributed by atoms with Gasteiger partial charge in [-0.3, -0.25) is 9.48 Å². The molecule has 7 nitrogen and oxygen atoms in total. The summed E-state index contributed by atoms with van der Waals surface area (Å²) in [4.78, 5) is 11.2. The second kappa shape index (κ2) is 9.73. The van der Waals surface area contributed by atoms with E-state index in [1.807, 2.05) is 24.3 Å². The van der Waals surface area contributed by atoms with Crippen molar-refractivity contribution in [3.8, 4) is 5.75 Å². The van der Waals surface area contributed by atoms with Crippen molar-refractivity contribution >= 4 is 49.6 Å². The quantitative estimate of drug-likeness (QED) is 0.367. The molecule has 34 heavy (non-hydrogen) atoms. The number of thiophene rings is 1. The summed E-state index contributed by atoms with van der Waals surface area (Å²) < 4.78 is 48.4. The van der Waals surface area contributed by atoms with Crippen LogP contribution in [0.3, 0.4) is 0 Å². The molecule has 2 aromatic carbocycles. The number of hydrogen-bond acceptors (Lipinski definition) is 6. The number of amides is 1. The van der Waals surface area contributed by atoms with Crippen LogP contribution in [-0.4, -0.2) is 31.2 Å². The van der Waals surface area contributed by atoms with E-state index in [4.69, 9.17) is 16.3 Å². The smallest absolute Gasteiger partial charge is 0.217 e. The van der Waals surface area contributed by atoms with Crippen LogP contribution in [0, 0.1) is 5.82 Å². The number of benzene rings is 2. The molecule has 2 heterocycles. The van der Waals surface area contributed by atoms with E-state index in [0.717, 1.165) is 22.5 Å². The van der Waals surface area contributed by atoms with Crippen molar-refractivity contribution in [3.63, 3.8) is 0 Å². The normalized spacial score (nSPS) is 11.6. The minimum atomic E-state index is -3.76. The standard InChI is InChI=1S/C23H21ClFN3O4S2/c1-14(29)26-11-15-4-3-5-16(10-15)12-28-23-17(25)6-7-19(32-2)22(23)18(27-28)13-34(30,31)21-9-8-20(24)33-21/h3-10H,11-13H2,1-2H3,(H,26,29). The van der Waals surface area contributed by atoms with Crippen LogP contribution >= 0.6 is 22.9 Å². The summed E-state index contributed by atoms with van der Waals surface area (Å²) in [5, 5.41) is 7.54. The number of rotatable bonds is 8. The summed E-state index contributed by atoms with van der Waals surface area (Å²) in [6.07, 6.45) is 0. The number of hydrogen-bond donors (Lipinski definition) is 1. The van der Waals surface area contributed by atoms with Crippen molar-refractivity contribution in [3.05, 3.63) is 75.5 Å². The van der Waals surface area contributed by atoms with Gasteiger partial charge >= 0.3 is 0 Å². The highest BCUT2D eigenvalue weighted by Crippen LogP contribution is 2.35. The van der Waals surface area contributed by atoms with Crippen molar-refractivity contribution in [2.24, 2.45) is 0 Å². The van der Waals surface area contributed by atoms with Crippen LogP contribution in [0.1, 0.15) is 23.7 Å². The molecule has 0 atom stereocenters. The maximum atomic E-state index is 15.0. The average molecular weight is 522 g/mol. The molecule has 0 spiro atoms. The van der Waals surface area contributed by atoms with Gasteiger partial charge in [-0.1, -0.05) is 35.9 Å². The topological polar surface area (TPSA) is 90.3 Å². The number of carbonyl (C=O) groups is 1. The van der Waals surface area contributed by atoms with Crippen LogP contribution in [0.2, 0.25) is 4.34 Å². The fourth-order valence-corrected chi connectivity index (χ4v) is 6.51. The predicted octanol–water partition coefficient (Wildman–Crippen LogP) is 4.56. The molecular formula is C23H21ClFN3O4S2. The monoisotopic (exact) mass is 521 g/mol. The first-order valence-electron chi connectivity index (χ1n) is 10.2. The highest BCUT2D eigenvalue weighted by molar-refractivity contribution is 7.92. The second-order valence-corrected chi connectivity index (χ2v) is 11.6. The molecule has 0 saturated heterocycles. The molecule has 1 amide bonds. The molecule has 1 N–H and O–H groups in total. The molecule has 178 valence electrons. The van der Waals surface area contributed by atoms with Gasteiger partial charge in [-0.05, 0) is 35.4 Å². The van der Waals surface area contributed by atoms with Gasteiger partial charge in [0.25, 0.3) is 0 Å². The molecule has 0 aliphatic rings.